The number of nitrogens with zero attached hydrogens (tertiary/aromatic N) is 1. The average molecular weight is 306 g/mol. The molecule has 1 heterocycles. The van der Waals surface area contributed by atoms with E-state index in [0.29, 0.717) is 6.54 Å². The molecule has 2 rings (SSSR count). The van der Waals surface area contributed by atoms with Gasteiger partial charge in [0.25, 0.3) is 0 Å². The van der Waals surface area contributed by atoms with Crippen molar-refractivity contribution in [3.8, 4) is 0 Å². The molecule has 0 aliphatic heterocycles. The van der Waals surface area contributed by atoms with Crippen LogP contribution in [-0.2, 0) is 5.54 Å². The zero-order valence-corrected chi connectivity index (χ0v) is 11.8. The first-order chi connectivity index (χ1) is 8.65. The van der Waals surface area contributed by atoms with E-state index < -0.39 is 0 Å². The SMILES string of the molecule is CC(CN)(Nc1ncccc1Br)c1ccccc1. The highest BCUT2D eigenvalue weighted by atomic mass is 79.9. The van der Waals surface area contributed by atoms with E-state index in [1.807, 2.05) is 30.3 Å². The van der Waals surface area contributed by atoms with Crippen LogP contribution in [0.1, 0.15) is 12.5 Å². The number of rotatable bonds is 4. The fraction of sp³-hybridized carbons (Fsp3) is 0.214. The number of benzene rings is 1. The van der Waals surface area contributed by atoms with Crippen LogP contribution < -0.4 is 11.1 Å². The van der Waals surface area contributed by atoms with Gasteiger partial charge in [-0.1, -0.05) is 30.3 Å². The van der Waals surface area contributed by atoms with Gasteiger partial charge < -0.3 is 11.1 Å². The standard InChI is InChI=1S/C14H16BrN3/c1-14(10-16,11-6-3-2-4-7-11)18-13-12(15)8-5-9-17-13/h2-9H,10,16H2,1H3,(H,17,18). The second kappa shape index (κ2) is 5.50. The normalized spacial score (nSPS) is 13.9. The molecule has 0 aliphatic carbocycles. The molecule has 2 aromatic rings. The Kier molecular flexibility index (Phi) is 3.99. The maximum Gasteiger partial charge on any atom is 0.140 e. The van der Waals surface area contributed by atoms with Crippen molar-refractivity contribution in [2.24, 2.45) is 5.73 Å². The van der Waals surface area contributed by atoms with Crippen LogP contribution in [0.5, 0.6) is 0 Å². The van der Waals surface area contributed by atoms with Crippen molar-refractivity contribution < 1.29 is 0 Å². The lowest BCUT2D eigenvalue weighted by Crippen LogP contribution is -2.40. The van der Waals surface area contributed by atoms with Gasteiger partial charge in [-0.2, -0.15) is 0 Å². The number of hydrogen-bond donors (Lipinski definition) is 2. The Bertz CT molecular complexity index is 515. The first-order valence-electron chi connectivity index (χ1n) is 5.80. The van der Waals surface area contributed by atoms with Gasteiger partial charge >= 0.3 is 0 Å². The van der Waals surface area contributed by atoms with Crippen molar-refractivity contribution in [1.29, 1.82) is 0 Å². The van der Waals surface area contributed by atoms with Crippen LogP contribution in [0, 0.1) is 0 Å². The summed E-state index contributed by atoms with van der Waals surface area (Å²) in [5.74, 6) is 0.800. The summed E-state index contributed by atoms with van der Waals surface area (Å²) in [6.45, 7) is 2.56. The van der Waals surface area contributed by atoms with E-state index in [0.717, 1.165) is 15.9 Å². The molecule has 1 unspecified atom stereocenters. The highest BCUT2D eigenvalue weighted by molar-refractivity contribution is 9.10. The molecule has 4 heteroatoms. The van der Waals surface area contributed by atoms with Gasteiger partial charge in [0.2, 0.25) is 0 Å². The largest absolute Gasteiger partial charge is 0.359 e. The van der Waals surface area contributed by atoms with E-state index in [-0.39, 0.29) is 5.54 Å². The third kappa shape index (κ3) is 2.71. The van der Waals surface area contributed by atoms with Gasteiger partial charge in [0.05, 0.1) is 10.0 Å². The summed E-state index contributed by atoms with van der Waals surface area (Å²) in [5, 5.41) is 3.41. The number of nitrogens with two attached hydrogens (primary N) is 1. The number of nitrogens with one attached hydrogen (secondary N) is 1. The number of aromatic nitrogens is 1. The predicted molar refractivity (Wildman–Crippen MR) is 78.4 cm³/mol. The summed E-state index contributed by atoms with van der Waals surface area (Å²) in [7, 11) is 0. The van der Waals surface area contributed by atoms with Crippen molar-refractivity contribution in [1.82, 2.24) is 4.98 Å². The lowest BCUT2D eigenvalue weighted by molar-refractivity contribution is 0.553. The summed E-state index contributed by atoms with van der Waals surface area (Å²) in [6, 6.07) is 14.0. The molecule has 0 radical (unpaired) electrons. The van der Waals surface area contributed by atoms with Crippen molar-refractivity contribution in [3.63, 3.8) is 0 Å². The van der Waals surface area contributed by atoms with Gasteiger partial charge in [0.1, 0.15) is 5.82 Å². The van der Waals surface area contributed by atoms with E-state index in [2.05, 4.69) is 45.3 Å². The van der Waals surface area contributed by atoms with Crippen LogP contribution in [0.25, 0.3) is 0 Å². The summed E-state index contributed by atoms with van der Waals surface area (Å²) < 4.78 is 0.931. The lowest BCUT2D eigenvalue weighted by Gasteiger charge is -2.31. The molecular formula is C14H16BrN3. The minimum atomic E-state index is -0.335. The molecular weight excluding hydrogens is 290 g/mol. The zero-order valence-electron chi connectivity index (χ0n) is 10.2. The van der Waals surface area contributed by atoms with Crippen molar-refractivity contribution in [2.75, 3.05) is 11.9 Å². The van der Waals surface area contributed by atoms with Gasteiger partial charge in [0, 0.05) is 12.7 Å². The fourth-order valence-electron chi connectivity index (χ4n) is 1.79. The first kappa shape index (κ1) is 13.1. The van der Waals surface area contributed by atoms with Crippen LogP contribution in [0.2, 0.25) is 0 Å². The molecule has 0 saturated heterocycles. The molecule has 1 aromatic carbocycles. The molecule has 0 fully saturated rings. The van der Waals surface area contributed by atoms with E-state index >= 15 is 0 Å². The van der Waals surface area contributed by atoms with E-state index in [9.17, 15) is 0 Å². The number of pyridine rings is 1. The maximum absolute atomic E-state index is 5.93. The van der Waals surface area contributed by atoms with Crippen molar-refractivity contribution in [2.45, 2.75) is 12.5 Å². The summed E-state index contributed by atoms with van der Waals surface area (Å²) in [6.07, 6.45) is 1.76. The Balaban J connectivity index is 2.32. The van der Waals surface area contributed by atoms with Crippen LogP contribution in [-0.4, -0.2) is 11.5 Å². The molecule has 1 atom stereocenters. The molecule has 3 N–H and O–H groups in total. The Morgan fingerprint density at radius 1 is 1.22 bits per heavy atom. The summed E-state index contributed by atoms with van der Waals surface area (Å²) >= 11 is 3.48. The Morgan fingerprint density at radius 3 is 2.56 bits per heavy atom. The molecule has 0 aliphatic rings. The molecule has 94 valence electrons. The Hall–Kier alpha value is -1.39. The minimum absolute atomic E-state index is 0.335. The number of halogens is 1. The molecule has 3 nitrogen and oxygen atoms in total. The third-order valence-corrected chi connectivity index (χ3v) is 3.61. The minimum Gasteiger partial charge on any atom is -0.359 e. The smallest absolute Gasteiger partial charge is 0.140 e. The predicted octanol–water partition coefficient (Wildman–Crippen LogP) is 3.13. The fourth-order valence-corrected chi connectivity index (χ4v) is 2.14. The molecule has 0 bridgehead atoms. The van der Waals surface area contributed by atoms with Crippen molar-refractivity contribution in [3.05, 3.63) is 58.7 Å². The summed E-state index contributed by atoms with van der Waals surface area (Å²) in [5.41, 5.74) is 6.74. The topological polar surface area (TPSA) is 50.9 Å². The number of anilines is 1. The van der Waals surface area contributed by atoms with Gasteiger partial charge in [-0.05, 0) is 40.5 Å². The van der Waals surface area contributed by atoms with E-state index in [1.165, 1.54) is 0 Å². The van der Waals surface area contributed by atoms with Gasteiger partial charge in [-0.15, -0.1) is 0 Å². The van der Waals surface area contributed by atoms with Gasteiger partial charge in [0.15, 0.2) is 0 Å². The third-order valence-electron chi connectivity index (χ3n) is 2.97. The second-order valence-electron chi connectivity index (χ2n) is 4.36. The molecule has 1 aromatic heterocycles. The molecule has 0 saturated carbocycles. The zero-order chi connectivity index (χ0) is 13.0. The number of hydrogen-bond acceptors (Lipinski definition) is 3. The monoisotopic (exact) mass is 305 g/mol. The molecule has 18 heavy (non-hydrogen) atoms. The Labute approximate surface area is 116 Å². The van der Waals surface area contributed by atoms with E-state index in [4.69, 9.17) is 5.73 Å². The highest BCUT2D eigenvalue weighted by Crippen LogP contribution is 2.27. The maximum atomic E-state index is 5.93. The van der Waals surface area contributed by atoms with Gasteiger partial charge in [-0.25, -0.2) is 4.98 Å². The Morgan fingerprint density at radius 2 is 1.94 bits per heavy atom. The van der Waals surface area contributed by atoms with E-state index in [1.54, 1.807) is 6.20 Å². The van der Waals surface area contributed by atoms with Crippen LogP contribution in [0.4, 0.5) is 5.82 Å². The second-order valence-corrected chi connectivity index (χ2v) is 5.22. The highest BCUT2D eigenvalue weighted by Gasteiger charge is 2.25. The first-order valence-corrected chi connectivity index (χ1v) is 6.59. The van der Waals surface area contributed by atoms with Crippen molar-refractivity contribution >= 4 is 21.7 Å². The van der Waals surface area contributed by atoms with Crippen LogP contribution in [0.15, 0.2) is 53.1 Å². The quantitative estimate of drug-likeness (QED) is 0.912. The lowest BCUT2D eigenvalue weighted by atomic mass is 9.92. The summed E-state index contributed by atoms with van der Waals surface area (Å²) in [4.78, 5) is 4.32. The average Bonchev–Trinajstić information content (AvgIpc) is 2.42. The molecule has 0 spiro atoms. The van der Waals surface area contributed by atoms with Crippen LogP contribution in [0.3, 0.4) is 0 Å². The van der Waals surface area contributed by atoms with Crippen LogP contribution >= 0.6 is 15.9 Å². The van der Waals surface area contributed by atoms with Gasteiger partial charge in [-0.3, -0.25) is 0 Å². The molecule has 0 amide bonds.